The number of hydrogen-bond donors (Lipinski definition) is 3. The van der Waals surface area contributed by atoms with Crippen molar-refractivity contribution in [3.05, 3.63) is 34.9 Å². The van der Waals surface area contributed by atoms with E-state index >= 15 is 0 Å². The molecule has 5 atom stereocenters. The second-order valence-electron chi connectivity index (χ2n) is 8.86. The molecule has 0 amide bonds. The van der Waals surface area contributed by atoms with Crippen LogP contribution in [-0.4, -0.2) is 45.2 Å². The minimum absolute atomic E-state index is 0.348. The third kappa shape index (κ3) is 3.09. The van der Waals surface area contributed by atoms with Gasteiger partial charge in [0, 0.05) is 24.2 Å². The van der Waals surface area contributed by atoms with E-state index in [0.29, 0.717) is 24.8 Å². The van der Waals surface area contributed by atoms with Crippen molar-refractivity contribution in [3.63, 3.8) is 0 Å². The van der Waals surface area contributed by atoms with Gasteiger partial charge in [-0.2, -0.15) is 4.89 Å². The van der Waals surface area contributed by atoms with Gasteiger partial charge in [-0.05, 0) is 32.3 Å². The van der Waals surface area contributed by atoms with Gasteiger partial charge in [0.05, 0.1) is 11.7 Å². The van der Waals surface area contributed by atoms with Gasteiger partial charge in [-0.3, -0.25) is 4.89 Å². The Morgan fingerprint density at radius 3 is 2.56 bits per heavy atom. The van der Waals surface area contributed by atoms with Crippen LogP contribution in [0.1, 0.15) is 53.9 Å². The average molecular weight is 378 g/mol. The topological polar surface area (TPSA) is 96.2 Å². The highest BCUT2D eigenvalue weighted by Crippen LogP contribution is 2.55. The molecule has 0 aromatic carbocycles. The molecular formula is C21H30O6. The predicted octanol–water partition coefficient (Wildman–Crippen LogP) is 2.35. The van der Waals surface area contributed by atoms with E-state index in [9.17, 15) is 20.1 Å². The van der Waals surface area contributed by atoms with Crippen LogP contribution in [0.4, 0.5) is 0 Å². The summed E-state index contributed by atoms with van der Waals surface area (Å²) in [5.74, 6) is -0.545. The van der Waals surface area contributed by atoms with Crippen LogP contribution in [0.5, 0.6) is 0 Å². The third-order valence-corrected chi connectivity index (χ3v) is 6.78. The lowest BCUT2D eigenvalue weighted by atomic mass is 9.55. The first-order chi connectivity index (χ1) is 12.4. The van der Waals surface area contributed by atoms with E-state index in [0.717, 1.165) is 11.1 Å². The van der Waals surface area contributed by atoms with Crippen molar-refractivity contribution in [2.24, 2.45) is 10.8 Å². The lowest BCUT2D eigenvalue weighted by molar-refractivity contribution is -0.287. The minimum atomic E-state index is -1.16. The van der Waals surface area contributed by atoms with Crippen LogP contribution in [0.15, 0.2) is 34.9 Å². The quantitative estimate of drug-likeness (QED) is 0.388. The highest BCUT2D eigenvalue weighted by molar-refractivity contribution is 5.65. The molecule has 0 radical (unpaired) electrons. The summed E-state index contributed by atoms with van der Waals surface area (Å²) in [5, 5.41) is 33.7. The van der Waals surface area contributed by atoms with E-state index < -0.39 is 40.7 Å². The second kappa shape index (κ2) is 6.55. The van der Waals surface area contributed by atoms with Gasteiger partial charge in [0.15, 0.2) is 0 Å². The normalized spacial score (nSPS) is 42.5. The SMILES string of the molecule is CC(=O)OOC1C=C[C@]2(C)/C(=C\[C@]3(O)CCC(C)=C([C@@H](O)[C@H]2O)C3(C)C)C1. The van der Waals surface area contributed by atoms with Gasteiger partial charge in [-0.25, -0.2) is 4.79 Å². The molecule has 3 rings (SSSR count). The molecule has 0 fully saturated rings. The largest absolute Gasteiger partial charge is 0.389 e. The van der Waals surface area contributed by atoms with E-state index in [1.54, 1.807) is 12.2 Å². The van der Waals surface area contributed by atoms with E-state index in [-0.39, 0.29) is 0 Å². The van der Waals surface area contributed by atoms with Crippen LogP contribution < -0.4 is 0 Å². The summed E-state index contributed by atoms with van der Waals surface area (Å²) in [6.45, 7) is 8.88. The van der Waals surface area contributed by atoms with Crippen LogP contribution in [0.3, 0.4) is 0 Å². The van der Waals surface area contributed by atoms with Crippen LogP contribution in [-0.2, 0) is 14.6 Å². The Kier molecular flexibility index (Phi) is 4.92. The standard InChI is InChI=1S/C21H30O6/c1-12-6-9-21(25)11-14-10-15(27-26-13(2)22)7-8-20(14,5)18(24)17(23)16(12)19(21,3)4/h7-8,11,15,17-18,23-25H,6,9-10H2,1-5H3/b14-11-/t15?,17-,18-,20-,21-/m1/s1. The Morgan fingerprint density at radius 2 is 1.93 bits per heavy atom. The first-order valence-corrected chi connectivity index (χ1v) is 9.46. The molecular weight excluding hydrogens is 348 g/mol. The van der Waals surface area contributed by atoms with Gasteiger partial charge in [0.25, 0.3) is 0 Å². The van der Waals surface area contributed by atoms with Gasteiger partial charge in [-0.15, -0.1) is 0 Å². The van der Waals surface area contributed by atoms with Gasteiger partial charge in [0.2, 0.25) is 0 Å². The summed E-state index contributed by atoms with van der Waals surface area (Å²) in [6.07, 6.45) is 4.21. The monoisotopic (exact) mass is 378 g/mol. The first-order valence-electron chi connectivity index (χ1n) is 9.46. The summed E-state index contributed by atoms with van der Waals surface area (Å²) in [5.41, 5.74) is -0.237. The molecule has 2 bridgehead atoms. The zero-order valence-corrected chi connectivity index (χ0v) is 16.7. The maximum atomic E-state index is 11.6. The lowest BCUT2D eigenvalue weighted by Crippen LogP contribution is -2.56. The van der Waals surface area contributed by atoms with Gasteiger partial charge >= 0.3 is 5.97 Å². The van der Waals surface area contributed by atoms with Crippen molar-refractivity contribution in [1.29, 1.82) is 0 Å². The molecule has 1 unspecified atom stereocenters. The fourth-order valence-corrected chi connectivity index (χ4v) is 4.86. The van der Waals surface area contributed by atoms with E-state index in [2.05, 4.69) is 4.89 Å². The Labute approximate surface area is 160 Å². The number of allylic oxidation sites excluding steroid dienone is 1. The molecule has 3 aliphatic carbocycles. The van der Waals surface area contributed by atoms with Gasteiger partial charge in [0.1, 0.15) is 12.2 Å². The molecule has 3 N–H and O–H groups in total. The number of fused-ring (bicyclic) bond motifs is 3. The maximum absolute atomic E-state index is 11.6. The first kappa shape index (κ1) is 20.3. The van der Waals surface area contributed by atoms with Gasteiger partial charge in [-0.1, -0.05) is 43.2 Å². The van der Waals surface area contributed by atoms with E-state index in [4.69, 9.17) is 4.89 Å². The molecule has 0 saturated carbocycles. The zero-order valence-electron chi connectivity index (χ0n) is 16.7. The second-order valence-corrected chi connectivity index (χ2v) is 8.86. The summed E-state index contributed by atoms with van der Waals surface area (Å²) < 4.78 is 0. The van der Waals surface area contributed by atoms with Crippen molar-refractivity contribution >= 4 is 5.97 Å². The molecule has 0 aromatic heterocycles. The number of aliphatic hydroxyl groups excluding tert-OH is 2. The Balaban J connectivity index is 2.11. The molecule has 0 aliphatic heterocycles. The number of carbonyl (C=O) groups excluding carboxylic acids is 1. The summed E-state index contributed by atoms with van der Waals surface area (Å²) >= 11 is 0. The highest BCUT2D eigenvalue weighted by Gasteiger charge is 2.55. The molecule has 3 aliphatic rings. The molecule has 0 aromatic rings. The van der Waals surface area contributed by atoms with Crippen molar-refractivity contribution in [3.8, 4) is 0 Å². The average Bonchev–Trinajstić information content (AvgIpc) is 2.58. The molecule has 6 nitrogen and oxygen atoms in total. The molecule has 0 saturated heterocycles. The minimum Gasteiger partial charge on any atom is -0.389 e. The molecule has 27 heavy (non-hydrogen) atoms. The Bertz CT molecular complexity index is 733. The van der Waals surface area contributed by atoms with Crippen molar-refractivity contribution < 1.29 is 29.9 Å². The fraction of sp³-hybridized carbons (Fsp3) is 0.667. The maximum Gasteiger partial charge on any atom is 0.339 e. The fourth-order valence-electron chi connectivity index (χ4n) is 4.86. The summed E-state index contributed by atoms with van der Waals surface area (Å²) in [4.78, 5) is 20.9. The van der Waals surface area contributed by atoms with Crippen LogP contribution >= 0.6 is 0 Å². The predicted molar refractivity (Wildman–Crippen MR) is 99.3 cm³/mol. The molecule has 0 heterocycles. The third-order valence-electron chi connectivity index (χ3n) is 6.78. The number of hydrogen-bond acceptors (Lipinski definition) is 6. The van der Waals surface area contributed by atoms with Crippen molar-refractivity contribution in [1.82, 2.24) is 0 Å². The summed E-state index contributed by atoms with van der Waals surface area (Å²) in [6, 6.07) is 0. The van der Waals surface area contributed by atoms with Crippen LogP contribution in [0.25, 0.3) is 0 Å². The van der Waals surface area contributed by atoms with Crippen LogP contribution in [0, 0.1) is 10.8 Å². The lowest BCUT2D eigenvalue weighted by Gasteiger charge is -2.54. The highest BCUT2D eigenvalue weighted by atomic mass is 17.2. The zero-order chi connectivity index (χ0) is 20.2. The van der Waals surface area contributed by atoms with Crippen molar-refractivity contribution in [2.75, 3.05) is 0 Å². The smallest absolute Gasteiger partial charge is 0.339 e. The molecule has 6 heteroatoms. The van der Waals surface area contributed by atoms with E-state index in [1.165, 1.54) is 6.92 Å². The number of aliphatic hydroxyl groups is 3. The van der Waals surface area contributed by atoms with Crippen LogP contribution in [0.2, 0.25) is 0 Å². The molecule has 0 spiro atoms. The number of carbonyl (C=O) groups is 1. The number of rotatable bonds is 2. The van der Waals surface area contributed by atoms with Gasteiger partial charge < -0.3 is 15.3 Å². The summed E-state index contributed by atoms with van der Waals surface area (Å²) in [7, 11) is 0. The Hall–Kier alpha value is -1.47. The van der Waals surface area contributed by atoms with Crippen molar-refractivity contribution in [2.45, 2.75) is 77.8 Å². The molecule has 150 valence electrons. The Morgan fingerprint density at radius 1 is 1.26 bits per heavy atom. The van der Waals surface area contributed by atoms with E-state index in [1.807, 2.05) is 33.8 Å².